The summed E-state index contributed by atoms with van der Waals surface area (Å²) in [5.74, 6) is 2.29. The first-order chi connectivity index (χ1) is 13.7. The molecule has 2 aromatic rings. The first-order valence-corrected chi connectivity index (χ1v) is 11.2. The predicted molar refractivity (Wildman–Crippen MR) is 124 cm³/mol. The molecule has 0 amide bonds. The van der Waals surface area contributed by atoms with Crippen molar-refractivity contribution in [2.45, 2.75) is 39.2 Å². The number of benzene rings is 1. The zero-order valence-corrected chi connectivity index (χ0v) is 17.9. The fraction of sp³-hybridized carbons (Fsp3) is 0.360. The van der Waals surface area contributed by atoms with Gasteiger partial charge >= 0.3 is 0 Å². The molecule has 1 aliphatic heterocycles. The quantitative estimate of drug-likeness (QED) is 0.558. The molecule has 0 saturated carbocycles. The molecular formula is C25H30N2S. The Labute approximate surface area is 174 Å². The zero-order chi connectivity index (χ0) is 19.9. The van der Waals surface area contributed by atoms with E-state index in [1.807, 2.05) is 30.1 Å². The molecule has 0 spiro atoms. The molecule has 1 atom stereocenters. The minimum Gasteiger partial charge on any atom is -0.360 e. The van der Waals surface area contributed by atoms with Gasteiger partial charge in [0, 0.05) is 41.5 Å². The van der Waals surface area contributed by atoms with Gasteiger partial charge in [0.15, 0.2) is 0 Å². The Morgan fingerprint density at radius 2 is 2.21 bits per heavy atom. The highest BCUT2D eigenvalue weighted by Crippen LogP contribution is 2.30. The lowest BCUT2D eigenvalue weighted by Crippen LogP contribution is -2.41. The van der Waals surface area contributed by atoms with Gasteiger partial charge in [-0.25, -0.2) is 0 Å². The highest BCUT2D eigenvalue weighted by molar-refractivity contribution is 7.99. The van der Waals surface area contributed by atoms with Crippen molar-refractivity contribution in [2.75, 3.05) is 18.1 Å². The number of thioether (sulfide) groups is 1. The van der Waals surface area contributed by atoms with E-state index in [0.29, 0.717) is 6.04 Å². The molecule has 1 aromatic carbocycles. The van der Waals surface area contributed by atoms with Gasteiger partial charge in [0.05, 0.1) is 5.70 Å². The van der Waals surface area contributed by atoms with Crippen molar-refractivity contribution >= 4 is 23.5 Å². The molecule has 1 aromatic heterocycles. The molecule has 1 unspecified atom stereocenters. The third-order valence-electron chi connectivity index (χ3n) is 5.53. The van der Waals surface area contributed by atoms with Gasteiger partial charge in [0.1, 0.15) is 0 Å². The normalized spacial score (nSPS) is 16.5. The van der Waals surface area contributed by atoms with Crippen molar-refractivity contribution in [1.82, 2.24) is 9.88 Å². The van der Waals surface area contributed by atoms with Crippen LogP contribution in [-0.2, 0) is 12.8 Å². The van der Waals surface area contributed by atoms with E-state index < -0.39 is 0 Å². The Kier molecular flexibility index (Phi) is 7.19. The minimum atomic E-state index is 0.478. The van der Waals surface area contributed by atoms with Crippen LogP contribution in [0, 0.1) is 6.92 Å². The molecular weight excluding hydrogens is 360 g/mol. The second-order valence-electron chi connectivity index (χ2n) is 7.19. The Balaban J connectivity index is 1.83. The van der Waals surface area contributed by atoms with E-state index in [1.165, 1.54) is 22.3 Å². The molecule has 2 nitrogen and oxygen atoms in total. The fourth-order valence-electron chi connectivity index (χ4n) is 4.05. The van der Waals surface area contributed by atoms with Crippen molar-refractivity contribution in [1.29, 1.82) is 0 Å². The van der Waals surface area contributed by atoms with Crippen LogP contribution < -0.4 is 0 Å². The first kappa shape index (κ1) is 20.5. The first-order valence-electron chi connectivity index (χ1n) is 10.1. The van der Waals surface area contributed by atoms with Crippen molar-refractivity contribution in [3.05, 3.63) is 83.4 Å². The predicted octanol–water partition coefficient (Wildman–Crippen LogP) is 5.77. The second kappa shape index (κ2) is 9.82. The monoisotopic (exact) mass is 390 g/mol. The fourth-order valence-corrected chi connectivity index (χ4v) is 5.16. The van der Waals surface area contributed by atoms with Gasteiger partial charge in [-0.1, -0.05) is 44.4 Å². The van der Waals surface area contributed by atoms with Crippen LogP contribution in [0.5, 0.6) is 0 Å². The molecule has 1 fully saturated rings. The lowest BCUT2D eigenvalue weighted by Gasteiger charge is -2.38. The van der Waals surface area contributed by atoms with Gasteiger partial charge in [-0.15, -0.1) is 5.73 Å². The molecule has 0 N–H and O–H groups in total. The topological polar surface area (TPSA) is 16.1 Å². The highest BCUT2D eigenvalue weighted by atomic mass is 32.2. The molecule has 28 heavy (non-hydrogen) atoms. The third kappa shape index (κ3) is 4.43. The Hall–Kier alpha value is -2.22. The second-order valence-corrected chi connectivity index (χ2v) is 8.34. The Bertz CT molecular complexity index is 880. The summed E-state index contributed by atoms with van der Waals surface area (Å²) in [7, 11) is 0. The summed E-state index contributed by atoms with van der Waals surface area (Å²) in [6.07, 6.45) is 6.96. The average Bonchev–Trinajstić information content (AvgIpc) is 2.74. The Morgan fingerprint density at radius 3 is 2.96 bits per heavy atom. The number of aromatic nitrogens is 1. The number of hydrogen-bond acceptors (Lipinski definition) is 3. The van der Waals surface area contributed by atoms with Gasteiger partial charge in [-0.2, -0.15) is 11.8 Å². The standard InChI is InChI=1S/C25H30N2S/c1-5-22-19(4)10-8-11-20(22)13-14-21-18-28-17-16-27(21)25(7-3)23-12-9-15-26-24(23)6-2/h5,8-12,15,21H,1,3,6,13-14,16-18H2,2,4H3. The number of nitrogens with zero attached hydrogens (tertiary/aromatic N) is 2. The summed E-state index contributed by atoms with van der Waals surface area (Å²) < 4.78 is 0. The molecule has 1 aliphatic rings. The maximum Gasteiger partial charge on any atom is 0.0888 e. The van der Waals surface area contributed by atoms with Gasteiger partial charge in [0.2, 0.25) is 0 Å². The van der Waals surface area contributed by atoms with Crippen LogP contribution in [-0.4, -0.2) is 34.0 Å². The molecule has 3 heteroatoms. The zero-order valence-electron chi connectivity index (χ0n) is 17.1. The van der Waals surface area contributed by atoms with E-state index >= 15 is 0 Å². The summed E-state index contributed by atoms with van der Waals surface area (Å²) in [5, 5.41) is 0. The summed E-state index contributed by atoms with van der Waals surface area (Å²) in [5.41, 5.74) is 10.7. The summed E-state index contributed by atoms with van der Waals surface area (Å²) in [6.45, 7) is 13.4. The van der Waals surface area contributed by atoms with Crippen molar-refractivity contribution < 1.29 is 0 Å². The maximum atomic E-state index is 4.58. The van der Waals surface area contributed by atoms with Crippen LogP contribution in [0.1, 0.15) is 41.3 Å². The van der Waals surface area contributed by atoms with Gasteiger partial charge < -0.3 is 4.90 Å². The average molecular weight is 391 g/mol. The van der Waals surface area contributed by atoms with Crippen LogP contribution in [0.15, 0.2) is 55.4 Å². The maximum absolute atomic E-state index is 4.58. The lowest BCUT2D eigenvalue weighted by molar-refractivity contribution is 0.309. The van der Waals surface area contributed by atoms with Crippen LogP contribution in [0.2, 0.25) is 0 Å². The third-order valence-corrected chi connectivity index (χ3v) is 6.62. The molecule has 0 radical (unpaired) electrons. The molecule has 0 bridgehead atoms. The van der Waals surface area contributed by atoms with E-state index in [-0.39, 0.29) is 0 Å². The molecule has 146 valence electrons. The Morgan fingerprint density at radius 1 is 1.36 bits per heavy atom. The van der Waals surface area contributed by atoms with E-state index in [4.69, 9.17) is 0 Å². The summed E-state index contributed by atoms with van der Waals surface area (Å²) >= 11 is 2.05. The smallest absolute Gasteiger partial charge is 0.0888 e. The van der Waals surface area contributed by atoms with Crippen LogP contribution >= 0.6 is 11.8 Å². The largest absolute Gasteiger partial charge is 0.360 e. The van der Waals surface area contributed by atoms with Crippen LogP contribution in [0.3, 0.4) is 0 Å². The van der Waals surface area contributed by atoms with Crippen molar-refractivity contribution in [3.63, 3.8) is 0 Å². The minimum absolute atomic E-state index is 0.478. The van der Waals surface area contributed by atoms with E-state index in [1.54, 1.807) is 0 Å². The van der Waals surface area contributed by atoms with Gasteiger partial charge in [-0.3, -0.25) is 4.98 Å². The summed E-state index contributed by atoms with van der Waals surface area (Å²) in [4.78, 5) is 7.10. The van der Waals surface area contributed by atoms with E-state index in [0.717, 1.165) is 48.7 Å². The van der Waals surface area contributed by atoms with Crippen molar-refractivity contribution in [2.24, 2.45) is 0 Å². The van der Waals surface area contributed by atoms with Crippen LogP contribution in [0.4, 0.5) is 0 Å². The number of rotatable bonds is 7. The van der Waals surface area contributed by atoms with Crippen LogP contribution in [0.25, 0.3) is 11.8 Å². The van der Waals surface area contributed by atoms with Crippen molar-refractivity contribution in [3.8, 4) is 0 Å². The highest BCUT2D eigenvalue weighted by Gasteiger charge is 2.26. The van der Waals surface area contributed by atoms with E-state index in [9.17, 15) is 0 Å². The number of hydrogen-bond donors (Lipinski definition) is 0. The summed E-state index contributed by atoms with van der Waals surface area (Å²) in [6, 6.07) is 11.2. The number of pyridine rings is 1. The van der Waals surface area contributed by atoms with Gasteiger partial charge in [-0.05, 0) is 55.0 Å². The number of aryl methyl sites for hydroxylation is 3. The lowest BCUT2D eigenvalue weighted by atomic mass is 9.96. The molecule has 0 aliphatic carbocycles. The SMILES string of the molecule is C=C=C(c1cccnc1CC)N1CCSCC1CCc1cccc(C)c1C=C. The van der Waals surface area contributed by atoms with Gasteiger partial charge in [0.25, 0.3) is 0 Å². The molecule has 1 saturated heterocycles. The van der Waals surface area contributed by atoms with E-state index in [2.05, 4.69) is 66.9 Å². The molecule has 2 heterocycles. The molecule has 3 rings (SSSR count).